The van der Waals surface area contributed by atoms with E-state index in [0.717, 1.165) is 0 Å². The molecule has 0 fully saturated rings. The molecular formula is C21H12BrF5N2O3. The maximum atomic E-state index is 14.2. The topological polar surface area (TPSA) is 51.1 Å². The molecule has 0 N–H and O–H groups in total. The first-order chi connectivity index (χ1) is 15.1. The lowest BCUT2D eigenvalue weighted by Gasteiger charge is -2.15. The average Bonchev–Trinajstić information content (AvgIpc) is 3.04. The highest BCUT2D eigenvalue weighted by molar-refractivity contribution is 9.10. The van der Waals surface area contributed by atoms with Crippen molar-refractivity contribution in [1.29, 1.82) is 0 Å². The fraction of sp³-hybridized carbons (Fsp3) is 0.143. The molecule has 2 aromatic rings. The fourth-order valence-electron chi connectivity index (χ4n) is 2.82. The Hall–Kier alpha value is -3.39. The van der Waals surface area contributed by atoms with Crippen LogP contribution in [0.25, 0.3) is 6.08 Å². The molecule has 0 unspecified atom stereocenters. The van der Waals surface area contributed by atoms with E-state index in [2.05, 4.69) is 27.0 Å². The Bertz CT molecular complexity index is 1210. The van der Waals surface area contributed by atoms with Crippen molar-refractivity contribution in [2.24, 2.45) is 5.10 Å². The molecule has 1 amide bonds. The molecule has 2 aromatic carbocycles. The van der Waals surface area contributed by atoms with Gasteiger partial charge < -0.3 is 9.47 Å². The first kappa shape index (κ1) is 23.3. The molecule has 0 saturated carbocycles. The normalized spacial score (nSPS) is 14.6. The molecular weight excluding hydrogens is 503 g/mol. The average molecular weight is 515 g/mol. The van der Waals surface area contributed by atoms with Crippen LogP contribution in [-0.2, 0) is 4.79 Å². The van der Waals surface area contributed by atoms with E-state index in [1.54, 1.807) is 0 Å². The Balaban J connectivity index is 2.06. The third-order valence-corrected chi connectivity index (χ3v) is 5.04. The summed E-state index contributed by atoms with van der Waals surface area (Å²) >= 11 is 3.30. The quantitative estimate of drug-likeness (QED) is 0.186. The van der Waals surface area contributed by atoms with Crippen LogP contribution in [0.1, 0.15) is 12.5 Å². The monoisotopic (exact) mass is 514 g/mol. The molecule has 0 saturated heterocycles. The standard InChI is InChI=1S/C21H12BrF5N2O3/c1-4-5-32-14-8-12(22)10(7-13(14)31-3)6-11-9(2)28-29(21(11)30)20-18(26)16(24)15(23)17(25)19(20)27/h1,6-8H,5H2,2-3H3/b11-6+. The van der Waals surface area contributed by atoms with E-state index in [1.807, 2.05) is 0 Å². The van der Waals surface area contributed by atoms with E-state index < -0.39 is 40.7 Å². The van der Waals surface area contributed by atoms with Crippen molar-refractivity contribution < 1.29 is 36.2 Å². The lowest BCUT2D eigenvalue weighted by molar-refractivity contribution is -0.114. The van der Waals surface area contributed by atoms with Crippen LogP contribution in [0.2, 0.25) is 0 Å². The summed E-state index contributed by atoms with van der Waals surface area (Å²) in [5.74, 6) is -9.27. The van der Waals surface area contributed by atoms with Crippen molar-refractivity contribution in [3.63, 3.8) is 0 Å². The van der Waals surface area contributed by atoms with E-state index in [-0.39, 0.29) is 28.7 Å². The predicted molar refractivity (Wildman–Crippen MR) is 110 cm³/mol. The summed E-state index contributed by atoms with van der Waals surface area (Å²) in [5, 5.41) is 3.82. The van der Waals surface area contributed by atoms with Crippen LogP contribution < -0.4 is 14.5 Å². The number of benzene rings is 2. The molecule has 1 aliphatic rings. The van der Waals surface area contributed by atoms with Gasteiger partial charge in [0.15, 0.2) is 34.8 Å². The highest BCUT2D eigenvalue weighted by atomic mass is 79.9. The Morgan fingerprint density at radius 2 is 1.69 bits per heavy atom. The Labute approximate surface area is 187 Å². The van der Waals surface area contributed by atoms with Crippen LogP contribution in [0.4, 0.5) is 27.6 Å². The molecule has 0 atom stereocenters. The van der Waals surface area contributed by atoms with Gasteiger partial charge in [-0.15, -0.1) is 6.42 Å². The lowest BCUT2D eigenvalue weighted by Crippen LogP contribution is -2.25. The molecule has 166 valence electrons. The van der Waals surface area contributed by atoms with E-state index in [4.69, 9.17) is 15.9 Å². The minimum Gasteiger partial charge on any atom is -0.493 e. The van der Waals surface area contributed by atoms with Crippen molar-refractivity contribution in [2.75, 3.05) is 18.7 Å². The van der Waals surface area contributed by atoms with Gasteiger partial charge in [-0.3, -0.25) is 4.79 Å². The summed E-state index contributed by atoms with van der Waals surface area (Å²) < 4.78 is 79.8. The molecule has 3 rings (SSSR count). The van der Waals surface area contributed by atoms with Crippen LogP contribution in [-0.4, -0.2) is 25.3 Å². The van der Waals surface area contributed by atoms with E-state index in [1.165, 1.54) is 32.2 Å². The van der Waals surface area contributed by atoms with E-state index in [9.17, 15) is 26.7 Å². The van der Waals surface area contributed by atoms with Crippen LogP contribution in [0.5, 0.6) is 11.5 Å². The Morgan fingerprint density at radius 3 is 2.25 bits per heavy atom. The molecule has 0 radical (unpaired) electrons. The summed E-state index contributed by atoms with van der Waals surface area (Å²) in [6, 6.07) is 3.01. The minimum absolute atomic E-state index is 0.0162. The smallest absolute Gasteiger partial charge is 0.280 e. The second-order valence-electron chi connectivity index (χ2n) is 6.30. The zero-order chi connectivity index (χ0) is 23.7. The summed E-state index contributed by atoms with van der Waals surface area (Å²) in [6.07, 6.45) is 6.48. The number of rotatable bonds is 5. The molecule has 11 heteroatoms. The minimum atomic E-state index is -2.34. The number of carbonyl (C=O) groups is 1. The number of ether oxygens (including phenoxy) is 2. The highest BCUT2D eigenvalue weighted by Gasteiger charge is 2.37. The van der Waals surface area contributed by atoms with Gasteiger partial charge in [0.1, 0.15) is 12.3 Å². The summed E-state index contributed by atoms with van der Waals surface area (Å²) in [6.45, 7) is 1.32. The highest BCUT2D eigenvalue weighted by Crippen LogP contribution is 2.37. The van der Waals surface area contributed by atoms with Crippen molar-refractivity contribution in [1.82, 2.24) is 0 Å². The Kier molecular flexibility index (Phi) is 6.55. The maximum absolute atomic E-state index is 14.2. The van der Waals surface area contributed by atoms with Crippen molar-refractivity contribution in [3.05, 3.63) is 56.8 Å². The van der Waals surface area contributed by atoms with Gasteiger partial charge in [0.05, 0.1) is 18.4 Å². The van der Waals surface area contributed by atoms with Crippen LogP contribution >= 0.6 is 15.9 Å². The van der Waals surface area contributed by atoms with Crippen molar-refractivity contribution in [3.8, 4) is 23.8 Å². The SMILES string of the molecule is C#CCOc1cc(Br)c(/C=C2/C(=O)N(c3c(F)c(F)c(F)c(F)c3F)N=C2C)cc1OC. The number of nitrogens with zero attached hydrogens (tertiary/aromatic N) is 2. The van der Waals surface area contributed by atoms with Crippen LogP contribution in [0.15, 0.2) is 27.3 Å². The number of carbonyl (C=O) groups excluding carboxylic acids is 1. The summed E-state index contributed by atoms with van der Waals surface area (Å²) in [4.78, 5) is 12.8. The van der Waals surface area contributed by atoms with Gasteiger partial charge in [0.25, 0.3) is 5.91 Å². The van der Waals surface area contributed by atoms with Gasteiger partial charge in [-0.2, -0.15) is 10.1 Å². The first-order valence-electron chi connectivity index (χ1n) is 8.69. The van der Waals surface area contributed by atoms with Gasteiger partial charge in [0.2, 0.25) is 5.82 Å². The molecule has 32 heavy (non-hydrogen) atoms. The zero-order valence-electron chi connectivity index (χ0n) is 16.4. The van der Waals surface area contributed by atoms with Crippen molar-refractivity contribution in [2.45, 2.75) is 6.92 Å². The number of anilines is 1. The van der Waals surface area contributed by atoms with Crippen LogP contribution in [0, 0.1) is 41.4 Å². The van der Waals surface area contributed by atoms with Gasteiger partial charge in [-0.1, -0.05) is 21.9 Å². The number of amides is 1. The van der Waals surface area contributed by atoms with Gasteiger partial charge in [-0.25, -0.2) is 22.0 Å². The van der Waals surface area contributed by atoms with Gasteiger partial charge in [-0.05, 0) is 30.7 Å². The molecule has 0 aromatic heterocycles. The predicted octanol–water partition coefficient (Wildman–Crippen LogP) is 4.97. The second-order valence-corrected chi connectivity index (χ2v) is 7.15. The Morgan fingerprint density at radius 1 is 1.09 bits per heavy atom. The van der Waals surface area contributed by atoms with Crippen LogP contribution in [0.3, 0.4) is 0 Å². The largest absolute Gasteiger partial charge is 0.493 e. The zero-order valence-corrected chi connectivity index (χ0v) is 18.0. The third-order valence-electron chi connectivity index (χ3n) is 4.35. The number of halogens is 6. The molecule has 0 bridgehead atoms. The molecule has 0 spiro atoms. The number of terminal acetylenes is 1. The van der Waals surface area contributed by atoms with Gasteiger partial charge >= 0.3 is 0 Å². The van der Waals surface area contributed by atoms with E-state index >= 15 is 0 Å². The number of methoxy groups -OCH3 is 1. The van der Waals surface area contributed by atoms with E-state index in [0.29, 0.717) is 15.8 Å². The fourth-order valence-corrected chi connectivity index (χ4v) is 3.26. The number of hydrogen-bond acceptors (Lipinski definition) is 4. The number of hydrogen-bond donors (Lipinski definition) is 0. The summed E-state index contributed by atoms with van der Waals surface area (Å²) in [5.41, 5.74) is -1.25. The molecule has 1 aliphatic heterocycles. The molecule has 0 aliphatic carbocycles. The second kappa shape index (κ2) is 9.00. The van der Waals surface area contributed by atoms with Crippen molar-refractivity contribution >= 4 is 39.3 Å². The summed E-state index contributed by atoms with van der Waals surface area (Å²) in [7, 11) is 1.38. The first-order valence-corrected chi connectivity index (χ1v) is 9.48. The number of hydrazone groups is 1. The molecule has 1 heterocycles. The third kappa shape index (κ3) is 3.93. The lowest BCUT2D eigenvalue weighted by atomic mass is 10.1. The maximum Gasteiger partial charge on any atom is 0.280 e. The van der Waals surface area contributed by atoms with Gasteiger partial charge in [0, 0.05) is 4.47 Å². The molecule has 5 nitrogen and oxygen atoms in total.